The predicted molar refractivity (Wildman–Crippen MR) is 71.0 cm³/mol. The number of anilines is 1. The summed E-state index contributed by atoms with van der Waals surface area (Å²) in [6, 6.07) is 5.65. The van der Waals surface area contributed by atoms with Gasteiger partial charge < -0.3 is 20.5 Å². The summed E-state index contributed by atoms with van der Waals surface area (Å²) in [5.41, 5.74) is 8.04. The molecule has 0 bridgehead atoms. The van der Waals surface area contributed by atoms with E-state index in [-0.39, 0.29) is 24.7 Å². The lowest BCUT2D eigenvalue weighted by atomic mass is 9.89. The van der Waals surface area contributed by atoms with E-state index in [0.29, 0.717) is 17.4 Å². The highest BCUT2D eigenvalue weighted by Gasteiger charge is 2.31. The molecule has 19 heavy (non-hydrogen) atoms. The molecule has 0 spiro atoms. The van der Waals surface area contributed by atoms with E-state index in [1.165, 1.54) is 0 Å². The van der Waals surface area contributed by atoms with Crippen LogP contribution in [0.15, 0.2) is 18.2 Å². The maximum absolute atomic E-state index is 11.3. The largest absolute Gasteiger partial charge is 0.482 e. The summed E-state index contributed by atoms with van der Waals surface area (Å²) in [6.07, 6.45) is 1.15. The van der Waals surface area contributed by atoms with Crippen molar-refractivity contribution in [2.75, 3.05) is 18.5 Å². The van der Waals surface area contributed by atoms with Crippen LogP contribution in [-0.2, 0) is 9.53 Å². The topological polar surface area (TPSA) is 73.6 Å². The molecule has 5 heteroatoms. The Morgan fingerprint density at radius 3 is 3.05 bits per heavy atom. The molecule has 1 amide bonds. The fourth-order valence-corrected chi connectivity index (χ4v) is 2.78. The normalized spacial score (nSPS) is 27.4. The minimum Gasteiger partial charge on any atom is -0.482 e. The molecule has 102 valence electrons. The summed E-state index contributed by atoms with van der Waals surface area (Å²) in [6.45, 7) is 2.90. The average molecular weight is 262 g/mol. The Morgan fingerprint density at radius 1 is 1.47 bits per heavy atom. The fraction of sp³-hybridized carbons (Fsp3) is 0.500. The zero-order valence-electron chi connectivity index (χ0n) is 10.9. The maximum atomic E-state index is 11.3. The van der Waals surface area contributed by atoms with Crippen LogP contribution in [-0.4, -0.2) is 25.2 Å². The Bertz CT molecular complexity index is 503. The minimum absolute atomic E-state index is 0.0753. The van der Waals surface area contributed by atoms with E-state index < -0.39 is 0 Å². The lowest BCUT2D eigenvalue weighted by Crippen LogP contribution is -2.28. The summed E-state index contributed by atoms with van der Waals surface area (Å²) in [7, 11) is 0. The highest BCUT2D eigenvalue weighted by Crippen LogP contribution is 2.35. The van der Waals surface area contributed by atoms with Crippen LogP contribution in [0.4, 0.5) is 5.69 Å². The molecule has 0 radical (unpaired) electrons. The van der Waals surface area contributed by atoms with Gasteiger partial charge in [-0.05, 0) is 31.0 Å². The number of hydrogen-bond donors (Lipinski definition) is 2. The molecule has 1 aromatic rings. The van der Waals surface area contributed by atoms with Crippen LogP contribution in [0.3, 0.4) is 0 Å². The first-order valence-electron chi connectivity index (χ1n) is 6.59. The van der Waals surface area contributed by atoms with Crippen molar-refractivity contribution in [3.8, 4) is 5.75 Å². The van der Waals surface area contributed by atoms with E-state index in [1.807, 2.05) is 18.2 Å². The number of carbonyl (C=O) groups excluding carboxylic acids is 1. The molecular formula is C14H18N2O3. The molecule has 2 aliphatic heterocycles. The van der Waals surface area contributed by atoms with Gasteiger partial charge in [0.1, 0.15) is 5.75 Å². The quantitative estimate of drug-likeness (QED) is 0.846. The third-order valence-electron chi connectivity index (χ3n) is 3.92. The number of hydrogen-bond acceptors (Lipinski definition) is 4. The molecule has 2 aliphatic rings. The van der Waals surface area contributed by atoms with Gasteiger partial charge in [0.25, 0.3) is 5.91 Å². The first-order valence-corrected chi connectivity index (χ1v) is 6.59. The number of nitrogens with one attached hydrogen (secondary N) is 1. The molecule has 5 nitrogen and oxygen atoms in total. The van der Waals surface area contributed by atoms with E-state index in [2.05, 4.69) is 12.2 Å². The molecular weight excluding hydrogens is 244 g/mol. The second-order valence-electron chi connectivity index (χ2n) is 5.15. The van der Waals surface area contributed by atoms with Gasteiger partial charge in [-0.25, -0.2) is 0 Å². The third-order valence-corrected chi connectivity index (χ3v) is 3.92. The van der Waals surface area contributed by atoms with Crippen molar-refractivity contribution < 1.29 is 14.3 Å². The fourth-order valence-electron chi connectivity index (χ4n) is 2.78. The summed E-state index contributed by atoms with van der Waals surface area (Å²) in [4.78, 5) is 11.3. The zero-order chi connectivity index (χ0) is 13.4. The van der Waals surface area contributed by atoms with E-state index in [4.69, 9.17) is 15.2 Å². The monoisotopic (exact) mass is 262 g/mol. The first-order chi connectivity index (χ1) is 9.15. The molecule has 1 aromatic carbocycles. The van der Waals surface area contributed by atoms with Gasteiger partial charge in [-0.1, -0.05) is 6.07 Å². The van der Waals surface area contributed by atoms with E-state index in [0.717, 1.165) is 18.6 Å². The molecule has 1 fully saturated rings. The van der Waals surface area contributed by atoms with Crippen molar-refractivity contribution >= 4 is 11.6 Å². The number of ether oxygens (including phenoxy) is 2. The van der Waals surface area contributed by atoms with Crippen molar-refractivity contribution in [2.45, 2.75) is 25.5 Å². The summed E-state index contributed by atoms with van der Waals surface area (Å²) >= 11 is 0. The molecule has 0 saturated carbocycles. The lowest BCUT2D eigenvalue weighted by molar-refractivity contribution is -0.118. The molecule has 3 unspecified atom stereocenters. The van der Waals surface area contributed by atoms with Crippen LogP contribution >= 0.6 is 0 Å². The number of rotatable bonds is 2. The van der Waals surface area contributed by atoms with Crippen LogP contribution in [0.2, 0.25) is 0 Å². The van der Waals surface area contributed by atoms with Crippen LogP contribution < -0.4 is 15.8 Å². The van der Waals surface area contributed by atoms with Crippen molar-refractivity contribution in [2.24, 2.45) is 11.7 Å². The van der Waals surface area contributed by atoms with Crippen LogP contribution in [0.5, 0.6) is 5.75 Å². The summed E-state index contributed by atoms with van der Waals surface area (Å²) < 4.78 is 10.9. The van der Waals surface area contributed by atoms with Crippen LogP contribution in [0.1, 0.15) is 24.9 Å². The Labute approximate surface area is 112 Å². The van der Waals surface area contributed by atoms with Crippen LogP contribution in [0.25, 0.3) is 0 Å². The number of amides is 1. The van der Waals surface area contributed by atoms with Crippen molar-refractivity contribution in [3.63, 3.8) is 0 Å². The molecule has 3 rings (SSSR count). The SMILES string of the molecule is CC1OCCC1C(N)c1ccc2c(c1)NC(=O)CO2. The van der Waals surface area contributed by atoms with Gasteiger partial charge in [-0.15, -0.1) is 0 Å². The molecule has 0 aliphatic carbocycles. The Balaban J connectivity index is 1.85. The van der Waals surface area contributed by atoms with Gasteiger partial charge in [0, 0.05) is 18.6 Å². The van der Waals surface area contributed by atoms with Gasteiger partial charge in [-0.2, -0.15) is 0 Å². The van der Waals surface area contributed by atoms with E-state index in [9.17, 15) is 4.79 Å². The lowest BCUT2D eigenvalue weighted by Gasteiger charge is -2.24. The van der Waals surface area contributed by atoms with E-state index in [1.54, 1.807) is 0 Å². The number of carbonyl (C=O) groups is 1. The highest BCUT2D eigenvalue weighted by molar-refractivity contribution is 5.95. The smallest absolute Gasteiger partial charge is 0.262 e. The van der Waals surface area contributed by atoms with Gasteiger partial charge in [0.05, 0.1) is 11.8 Å². The molecule has 1 saturated heterocycles. The highest BCUT2D eigenvalue weighted by atomic mass is 16.5. The average Bonchev–Trinajstić information content (AvgIpc) is 2.83. The summed E-state index contributed by atoms with van der Waals surface area (Å²) in [5, 5.41) is 2.81. The number of fused-ring (bicyclic) bond motifs is 1. The molecule has 3 atom stereocenters. The third kappa shape index (κ3) is 2.31. The van der Waals surface area contributed by atoms with Gasteiger partial charge in [-0.3, -0.25) is 4.79 Å². The van der Waals surface area contributed by atoms with E-state index >= 15 is 0 Å². The Kier molecular flexibility index (Phi) is 3.16. The second-order valence-corrected chi connectivity index (χ2v) is 5.15. The summed E-state index contributed by atoms with van der Waals surface area (Å²) in [5.74, 6) is 0.889. The van der Waals surface area contributed by atoms with Gasteiger partial charge in [0.15, 0.2) is 6.61 Å². The van der Waals surface area contributed by atoms with Crippen molar-refractivity contribution in [3.05, 3.63) is 23.8 Å². The van der Waals surface area contributed by atoms with Gasteiger partial charge >= 0.3 is 0 Å². The second kappa shape index (κ2) is 4.83. The van der Waals surface area contributed by atoms with Crippen LogP contribution in [0, 0.1) is 5.92 Å². The Morgan fingerprint density at radius 2 is 2.32 bits per heavy atom. The van der Waals surface area contributed by atoms with Gasteiger partial charge in [0.2, 0.25) is 0 Å². The molecule has 3 N–H and O–H groups in total. The van der Waals surface area contributed by atoms with Crippen molar-refractivity contribution in [1.29, 1.82) is 0 Å². The first kappa shape index (κ1) is 12.4. The van der Waals surface area contributed by atoms with Crippen molar-refractivity contribution in [1.82, 2.24) is 0 Å². The maximum Gasteiger partial charge on any atom is 0.262 e. The standard InChI is InChI=1S/C14H18N2O3/c1-8-10(4-5-18-8)14(15)9-2-3-12-11(6-9)16-13(17)7-19-12/h2-3,6,8,10,14H,4-5,7,15H2,1H3,(H,16,17). The Hall–Kier alpha value is -1.59. The minimum atomic E-state index is -0.129. The molecule has 2 heterocycles. The zero-order valence-corrected chi connectivity index (χ0v) is 10.9. The number of benzene rings is 1. The molecule has 0 aromatic heterocycles. The predicted octanol–water partition coefficient (Wildman–Crippen LogP) is 1.44. The number of nitrogens with two attached hydrogens (primary N) is 1.